The molecular weight excluding hydrogens is 267 g/mol. The van der Waals surface area contributed by atoms with Crippen LogP contribution >= 0.6 is 24.0 Å². The van der Waals surface area contributed by atoms with Crippen LogP contribution in [-0.2, 0) is 0 Å². The highest BCUT2D eigenvalue weighted by molar-refractivity contribution is 6.30. The maximum Gasteiger partial charge on any atom is 0.0408 e. The van der Waals surface area contributed by atoms with Crippen LogP contribution in [0, 0.1) is 5.92 Å². The fourth-order valence-corrected chi connectivity index (χ4v) is 2.75. The van der Waals surface area contributed by atoms with Crippen LogP contribution < -0.4 is 5.73 Å². The average molecular weight is 289 g/mol. The number of likely N-dealkylation sites (tertiary alicyclic amines) is 1. The SMILES string of the molecule is CC(CN1CC(C)C(N)C1)c1cccc(Cl)c1.Cl. The van der Waals surface area contributed by atoms with Crippen LogP contribution in [0.1, 0.15) is 25.3 Å². The van der Waals surface area contributed by atoms with Crippen molar-refractivity contribution >= 4 is 24.0 Å². The van der Waals surface area contributed by atoms with Crippen LogP contribution in [0.3, 0.4) is 0 Å². The number of hydrogen-bond donors (Lipinski definition) is 1. The zero-order chi connectivity index (χ0) is 12.4. The lowest BCUT2D eigenvalue weighted by Crippen LogP contribution is -2.30. The minimum absolute atomic E-state index is 0. The number of rotatable bonds is 3. The lowest BCUT2D eigenvalue weighted by molar-refractivity contribution is 0.309. The molecule has 0 radical (unpaired) electrons. The van der Waals surface area contributed by atoms with Gasteiger partial charge in [-0.15, -0.1) is 12.4 Å². The second-order valence-electron chi connectivity index (χ2n) is 5.32. The van der Waals surface area contributed by atoms with Gasteiger partial charge in [0.05, 0.1) is 0 Å². The largest absolute Gasteiger partial charge is 0.326 e. The van der Waals surface area contributed by atoms with Gasteiger partial charge in [0, 0.05) is 30.7 Å². The summed E-state index contributed by atoms with van der Waals surface area (Å²) in [6.07, 6.45) is 0. The van der Waals surface area contributed by atoms with Crippen molar-refractivity contribution in [2.24, 2.45) is 11.7 Å². The molecular formula is C14H22Cl2N2. The standard InChI is InChI=1S/C14H21ClN2.ClH/c1-10(12-4-3-5-13(15)6-12)7-17-8-11(2)14(16)9-17;/h3-6,10-11,14H,7-9,16H2,1-2H3;1H. The fraction of sp³-hybridized carbons (Fsp3) is 0.571. The van der Waals surface area contributed by atoms with Crippen LogP contribution in [0.5, 0.6) is 0 Å². The zero-order valence-electron chi connectivity index (χ0n) is 11.0. The predicted molar refractivity (Wildman–Crippen MR) is 80.7 cm³/mol. The molecule has 0 bridgehead atoms. The molecule has 0 saturated carbocycles. The second-order valence-corrected chi connectivity index (χ2v) is 5.75. The van der Waals surface area contributed by atoms with Crippen molar-refractivity contribution in [1.29, 1.82) is 0 Å². The highest BCUT2D eigenvalue weighted by Crippen LogP contribution is 2.23. The molecule has 1 saturated heterocycles. The summed E-state index contributed by atoms with van der Waals surface area (Å²) >= 11 is 6.02. The molecule has 0 aliphatic carbocycles. The van der Waals surface area contributed by atoms with Crippen molar-refractivity contribution in [3.63, 3.8) is 0 Å². The van der Waals surface area contributed by atoms with Crippen LogP contribution in [-0.4, -0.2) is 30.6 Å². The molecule has 3 atom stereocenters. The number of benzene rings is 1. The third-order valence-electron chi connectivity index (χ3n) is 3.70. The monoisotopic (exact) mass is 288 g/mol. The van der Waals surface area contributed by atoms with Crippen LogP contribution in [0.4, 0.5) is 0 Å². The molecule has 0 spiro atoms. The molecule has 2 N–H and O–H groups in total. The molecule has 1 fully saturated rings. The highest BCUT2D eigenvalue weighted by Gasteiger charge is 2.27. The molecule has 1 heterocycles. The quantitative estimate of drug-likeness (QED) is 0.926. The van der Waals surface area contributed by atoms with Gasteiger partial charge in [0.1, 0.15) is 0 Å². The summed E-state index contributed by atoms with van der Waals surface area (Å²) in [6, 6.07) is 8.49. The maximum absolute atomic E-state index is 6.04. The Bertz CT molecular complexity index is 374. The molecule has 0 aromatic heterocycles. The van der Waals surface area contributed by atoms with Gasteiger partial charge in [-0.2, -0.15) is 0 Å². The minimum atomic E-state index is 0. The van der Waals surface area contributed by atoms with Crippen LogP contribution in [0.2, 0.25) is 5.02 Å². The molecule has 102 valence electrons. The zero-order valence-corrected chi connectivity index (χ0v) is 12.5. The molecule has 2 rings (SSSR count). The molecule has 1 aromatic carbocycles. The molecule has 2 nitrogen and oxygen atoms in total. The van der Waals surface area contributed by atoms with Crippen molar-refractivity contribution < 1.29 is 0 Å². The molecule has 1 aromatic rings. The number of nitrogens with two attached hydrogens (primary N) is 1. The molecule has 0 amide bonds. The van der Waals surface area contributed by atoms with E-state index in [-0.39, 0.29) is 12.4 Å². The Hall–Kier alpha value is -0.280. The van der Waals surface area contributed by atoms with Crippen LogP contribution in [0.15, 0.2) is 24.3 Å². The normalized spacial score (nSPS) is 25.8. The lowest BCUT2D eigenvalue weighted by Gasteiger charge is -2.21. The van der Waals surface area contributed by atoms with E-state index < -0.39 is 0 Å². The van der Waals surface area contributed by atoms with Gasteiger partial charge in [0.25, 0.3) is 0 Å². The first-order chi connectivity index (χ1) is 8.06. The van der Waals surface area contributed by atoms with Gasteiger partial charge >= 0.3 is 0 Å². The van der Waals surface area contributed by atoms with Gasteiger partial charge in [-0.1, -0.05) is 37.6 Å². The van der Waals surface area contributed by atoms with Gasteiger partial charge in [-0.3, -0.25) is 0 Å². The smallest absolute Gasteiger partial charge is 0.0408 e. The lowest BCUT2D eigenvalue weighted by atomic mass is 10.0. The van der Waals surface area contributed by atoms with Crippen molar-refractivity contribution in [3.8, 4) is 0 Å². The van der Waals surface area contributed by atoms with Crippen molar-refractivity contribution in [1.82, 2.24) is 4.90 Å². The molecule has 18 heavy (non-hydrogen) atoms. The van der Waals surface area contributed by atoms with Gasteiger partial charge in [0.15, 0.2) is 0 Å². The molecule has 1 aliphatic heterocycles. The maximum atomic E-state index is 6.04. The Morgan fingerprint density at radius 1 is 1.44 bits per heavy atom. The minimum Gasteiger partial charge on any atom is -0.326 e. The average Bonchev–Trinajstić information content (AvgIpc) is 2.58. The number of halogens is 2. The third-order valence-corrected chi connectivity index (χ3v) is 3.93. The van der Waals surface area contributed by atoms with E-state index in [2.05, 4.69) is 30.9 Å². The molecule has 3 unspecified atom stereocenters. The first-order valence-corrected chi connectivity index (χ1v) is 6.67. The van der Waals surface area contributed by atoms with E-state index in [1.54, 1.807) is 0 Å². The second kappa shape index (κ2) is 6.76. The van der Waals surface area contributed by atoms with E-state index in [1.807, 2.05) is 12.1 Å². The Labute approximate surface area is 121 Å². The summed E-state index contributed by atoms with van der Waals surface area (Å²) < 4.78 is 0. The van der Waals surface area contributed by atoms with E-state index in [4.69, 9.17) is 17.3 Å². The summed E-state index contributed by atoms with van der Waals surface area (Å²) in [7, 11) is 0. The topological polar surface area (TPSA) is 29.3 Å². The first kappa shape index (κ1) is 15.8. The van der Waals surface area contributed by atoms with Gasteiger partial charge in [0.2, 0.25) is 0 Å². The number of nitrogens with zero attached hydrogens (tertiary/aromatic N) is 1. The summed E-state index contributed by atoms with van der Waals surface area (Å²) in [5.74, 6) is 1.12. The molecule has 4 heteroatoms. The molecule has 1 aliphatic rings. The Morgan fingerprint density at radius 3 is 2.72 bits per heavy atom. The third kappa shape index (κ3) is 3.86. The Morgan fingerprint density at radius 2 is 2.17 bits per heavy atom. The van der Waals surface area contributed by atoms with Crippen molar-refractivity contribution in [2.75, 3.05) is 19.6 Å². The van der Waals surface area contributed by atoms with E-state index in [0.717, 1.165) is 24.7 Å². The van der Waals surface area contributed by atoms with Crippen molar-refractivity contribution in [3.05, 3.63) is 34.9 Å². The van der Waals surface area contributed by atoms with Gasteiger partial charge < -0.3 is 10.6 Å². The fourth-order valence-electron chi connectivity index (χ4n) is 2.55. The predicted octanol–water partition coefficient (Wildman–Crippen LogP) is 3.14. The summed E-state index contributed by atoms with van der Waals surface area (Å²) in [5, 5.41) is 0.820. The van der Waals surface area contributed by atoms with Gasteiger partial charge in [-0.25, -0.2) is 0 Å². The van der Waals surface area contributed by atoms with E-state index in [1.165, 1.54) is 5.56 Å². The van der Waals surface area contributed by atoms with E-state index >= 15 is 0 Å². The van der Waals surface area contributed by atoms with Crippen LogP contribution in [0.25, 0.3) is 0 Å². The van der Waals surface area contributed by atoms with Crippen molar-refractivity contribution in [2.45, 2.75) is 25.8 Å². The Kier molecular flexibility index (Phi) is 5.93. The number of hydrogen-bond acceptors (Lipinski definition) is 2. The summed E-state index contributed by atoms with van der Waals surface area (Å²) in [4.78, 5) is 2.46. The first-order valence-electron chi connectivity index (χ1n) is 6.29. The van der Waals surface area contributed by atoms with Gasteiger partial charge in [-0.05, 0) is 29.5 Å². The summed E-state index contributed by atoms with van der Waals surface area (Å²) in [5.41, 5.74) is 7.36. The van der Waals surface area contributed by atoms with E-state index in [0.29, 0.717) is 17.9 Å². The summed E-state index contributed by atoms with van der Waals surface area (Å²) in [6.45, 7) is 7.69. The highest BCUT2D eigenvalue weighted by atomic mass is 35.5. The Balaban J connectivity index is 0.00000162. The van der Waals surface area contributed by atoms with E-state index in [9.17, 15) is 0 Å².